The molecule has 1 aromatic heterocycles. The molecule has 96 valence electrons. The summed E-state index contributed by atoms with van der Waals surface area (Å²) >= 11 is 2.13. The van der Waals surface area contributed by atoms with E-state index in [0.717, 1.165) is 11.0 Å². The zero-order chi connectivity index (χ0) is 12.1. The van der Waals surface area contributed by atoms with E-state index in [1.807, 2.05) is 25.0 Å². The third-order valence-corrected chi connectivity index (χ3v) is 5.00. The smallest absolute Gasteiger partial charge is 0.0537 e. The predicted octanol–water partition coefficient (Wildman–Crippen LogP) is 2.75. The van der Waals surface area contributed by atoms with Gasteiger partial charge in [-0.05, 0) is 19.9 Å². The molecule has 0 radical (unpaired) electrons. The molecule has 1 fully saturated rings. The molecule has 1 N–H and O–H groups in total. The van der Waals surface area contributed by atoms with Crippen LogP contribution in [0.5, 0.6) is 0 Å². The van der Waals surface area contributed by atoms with Gasteiger partial charge in [-0.25, -0.2) is 0 Å². The third kappa shape index (κ3) is 3.75. The van der Waals surface area contributed by atoms with Crippen LogP contribution in [0.25, 0.3) is 0 Å². The fourth-order valence-electron chi connectivity index (χ4n) is 2.43. The molecule has 17 heavy (non-hydrogen) atoms. The molecule has 1 saturated carbocycles. The van der Waals surface area contributed by atoms with E-state index >= 15 is 0 Å². The van der Waals surface area contributed by atoms with Gasteiger partial charge in [0.1, 0.15) is 0 Å². The average Bonchev–Trinajstić information content (AvgIpc) is 2.78. The van der Waals surface area contributed by atoms with Crippen LogP contribution in [0.4, 0.5) is 0 Å². The van der Waals surface area contributed by atoms with Gasteiger partial charge >= 0.3 is 0 Å². The monoisotopic (exact) mass is 253 g/mol. The first kappa shape index (κ1) is 13.0. The Labute approximate surface area is 108 Å². The molecule has 0 amide bonds. The Bertz CT molecular complexity index is 331. The van der Waals surface area contributed by atoms with Crippen LogP contribution in [0.2, 0.25) is 0 Å². The maximum atomic E-state index is 4.25. The van der Waals surface area contributed by atoms with E-state index in [1.54, 1.807) is 0 Å². The van der Waals surface area contributed by atoms with Crippen molar-refractivity contribution in [3.05, 3.63) is 18.0 Å². The van der Waals surface area contributed by atoms with Crippen LogP contribution in [0.3, 0.4) is 0 Å². The summed E-state index contributed by atoms with van der Waals surface area (Å²) in [5.74, 6) is 1.16. The largest absolute Gasteiger partial charge is 0.312 e. The topological polar surface area (TPSA) is 29.9 Å². The quantitative estimate of drug-likeness (QED) is 0.875. The van der Waals surface area contributed by atoms with Gasteiger partial charge in [0.2, 0.25) is 0 Å². The van der Waals surface area contributed by atoms with Crippen molar-refractivity contribution in [3.8, 4) is 0 Å². The molecule has 1 aliphatic carbocycles. The normalized spacial score (nSPS) is 19.4. The molecule has 0 aliphatic heterocycles. The fourth-order valence-corrected chi connectivity index (χ4v) is 3.92. The molecule has 0 saturated heterocycles. The molecule has 1 aromatic rings. The summed E-state index contributed by atoms with van der Waals surface area (Å²) in [5, 5.41) is 8.53. The number of thioether (sulfide) groups is 1. The lowest BCUT2D eigenvalue weighted by Gasteiger charge is -2.23. The number of hydrogen-bond donors (Lipinski definition) is 1. The molecule has 0 aromatic carbocycles. The summed E-state index contributed by atoms with van der Waals surface area (Å²) in [6.07, 6.45) is 11.2. The van der Waals surface area contributed by atoms with Gasteiger partial charge < -0.3 is 5.32 Å². The van der Waals surface area contributed by atoms with Crippen molar-refractivity contribution in [2.75, 3.05) is 12.8 Å². The number of hydrogen-bond acceptors (Lipinski definition) is 3. The minimum Gasteiger partial charge on any atom is -0.312 e. The van der Waals surface area contributed by atoms with Crippen molar-refractivity contribution in [2.24, 2.45) is 7.05 Å². The van der Waals surface area contributed by atoms with Crippen LogP contribution >= 0.6 is 11.8 Å². The highest BCUT2D eigenvalue weighted by Gasteiger charge is 2.17. The van der Waals surface area contributed by atoms with Crippen molar-refractivity contribution >= 4 is 11.8 Å². The van der Waals surface area contributed by atoms with Gasteiger partial charge in [0.05, 0.1) is 6.20 Å². The average molecular weight is 253 g/mol. The van der Waals surface area contributed by atoms with Crippen molar-refractivity contribution < 1.29 is 0 Å². The Balaban J connectivity index is 1.82. The van der Waals surface area contributed by atoms with Gasteiger partial charge in [0.15, 0.2) is 0 Å². The highest BCUT2D eigenvalue weighted by molar-refractivity contribution is 7.99. The van der Waals surface area contributed by atoms with Gasteiger partial charge in [-0.15, -0.1) is 0 Å². The lowest BCUT2D eigenvalue weighted by molar-refractivity contribution is 0.514. The second-order valence-electron chi connectivity index (χ2n) is 4.88. The number of aromatic nitrogens is 2. The molecule has 1 atom stereocenters. The minimum absolute atomic E-state index is 0.440. The van der Waals surface area contributed by atoms with E-state index < -0.39 is 0 Å². The summed E-state index contributed by atoms with van der Waals surface area (Å²) < 4.78 is 1.88. The number of aryl methyl sites for hydroxylation is 1. The molecule has 0 spiro atoms. The number of rotatable bonds is 5. The summed E-state index contributed by atoms with van der Waals surface area (Å²) in [6.45, 7) is 0. The summed E-state index contributed by atoms with van der Waals surface area (Å²) in [6, 6.07) is 0.440. The first-order valence-corrected chi connectivity index (χ1v) is 7.62. The second-order valence-corrected chi connectivity index (χ2v) is 6.22. The Morgan fingerprint density at radius 2 is 2.24 bits per heavy atom. The SMILES string of the molecule is CNC(CSC1CCCCC1)c1cnn(C)c1. The molecular formula is C13H23N3S. The Morgan fingerprint density at radius 1 is 1.47 bits per heavy atom. The summed E-state index contributed by atoms with van der Waals surface area (Å²) in [7, 11) is 4.02. The van der Waals surface area contributed by atoms with Crippen LogP contribution in [0.1, 0.15) is 43.7 Å². The van der Waals surface area contributed by atoms with Gasteiger partial charge in [0, 0.05) is 35.9 Å². The van der Waals surface area contributed by atoms with E-state index in [-0.39, 0.29) is 0 Å². The van der Waals surface area contributed by atoms with Gasteiger partial charge in [-0.3, -0.25) is 4.68 Å². The first-order valence-electron chi connectivity index (χ1n) is 6.57. The van der Waals surface area contributed by atoms with E-state index in [9.17, 15) is 0 Å². The van der Waals surface area contributed by atoms with E-state index in [0.29, 0.717) is 6.04 Å². The van der Waals surface area contributed by atoms with E-state index in [1.165, 1.54) is 37.7 Å². The van der Waals surface area contributed by atoms with E-state index in [4.69, 9.17) is 0 Å². The first-order chi connectivity index (χ1) is 8.29. The fraction of sp³-hybridized carbons (Fsp3) is 0.769. The van der Waals surface area contributed by atoms with Gasteiger partial charge in [-0.1, -0.05) is 19.3 Å². The van der Waals surface area contributed by atoms with Crippen LogP contribution < -0.4 is 5.32 Å². The van der Waals surface area contributed by atoms with Crippen LogP contribution in [0.15, 0.2) is 12.4 Å². The summed E-state index contributed by atoms with van der Waals surface area (Å²) in [4.78, 5) is 0. The highest BCUT2D eigenvalue weighted by atomic mass is 32.2. The number of nitrogens with one attached hydrogen (secondary N) is 1. The maximum Gasteiger partial charge on any atom is 0.0537 e. The lowest BCUT2D eigenvalue weighted by Crippen LogP contribution is -2.20. The van der Waals surface area contributed by atoms with E-state index in [2.05, 4.69) is 28.4 Å². The predicted molar refractivity (Wildman–Crippen MR) is 74.3 cm³/mol. The zero-order valence-electron chi connectivity index (χ0n) is 10.9. The Morgan fingerprint density at radius 3 is 2.82 bits per heavy atom. The molecule has 3 nitrogen and oxygen atoms in total. The third-order valence-electron chi connectivity index (χ3n) is 3.53. The molecule has 1 heterocycles. The second kappa shape index (κ2) is 6.45. The zero-order valence-corrected chi connectivity index (χ0v) is 11.7. The van der Waals surface area contributed by atoms with Crippen LogP contribution in [-0.4, -0.2) is 27.8 Å². The van der Waals surface area contributed by atoms with Gasteiger partial charge in [-0.2, -0.15) is 16.9 Å². The Kier molecular flexibility index (Phi) is 4.92. The molecule has 4 heteroatoms. The summed E-state index contributed by atoms with van der Waals surface area (Å²) in [5.41, 5.74) is 1.30. The Hall–Kier alpha value is -0.480. The van der Waals surface area contributed by atoms with Gasteiger partial charge in [0.25, 0.3) is 0 Å². The van der Waals surface area contributed by atoms with Crippen LogP contribution in [-0.2, 0) is 7.05 Å². The molecule has 1 unspecified atom stereocenters. The molecule has 2 rings (SSSR count). The van der Waals surface area contributed by atoms with Crippen molar-refractivity contribution in [3.63, 3.8) is 0 Å². The van der Waals surface area contributed by atoms with Crippen LogP contribution in [0, 0.1) is 0 Å². The standard InChI is InChI=1S/C13H23N3S/c1-14-13(11-8-15-16(2)9-11)10-17-12-6-4-3-5-7-12/h8-9,12-14H,3-7,10H2,1-2H3. The molecule has 1 aliphatic rings. The highest BCUT2D eigenvalue weighted by Crippen LogP contribution is 2.30. The van der Waals surface area contributed by atoms with Crippen molar-refractivity contribution in [1.29, 1.82) is 0 Å². The van der Waals surface area contributed by atoms with Crippen molar-refractivity contribution in [2.45, 2.75) is 43.4 Å². The number of nitrogens with zero attached hydrogens (tertiary/aromatic N) is 2. The lowest BCUT2D eigenvalue weighted by atomic mass is 10.0. The maximum absolute atomic E-state index is 4.25. The van der Waals surface area contributed by atoms with Crippen molar-refractivity contribution in [1.82, 2.24) is 15.1 Å². The molecular weight excluding hydrogens is 230 g/mol. The molecule has 0 bridgehead atoms. The minimum atomic E-state index is 0.440.